The van der Waals surface area contributed by atoms with Gasteiger partial charge in [0.1, 0.15) is 0 Å². The lowest BCUT2D eigenvalue weighted by atomic mass is 9.91. The van der Waals surface area contributed by atoms with E-state index in [0.717, 1.165) is 19.4 Å². The van der Waals surface area contributed by atoms with Crippen molar-refractivity contribution in [3.8, 4) is 0 Å². The lowest BCUT2D eigenvalue weighted by Gasteiger charge is -2.26. The van der Waals surface area contributed by atoms with E-state index in [9.17, 15) is 9.32 Å². The van der Waals surface area contributed by atoms with Crippen LogP contribution in [0.15, 0.2) is 0 Å². The largest absolute Gasteiger partial charge is 0.391 e. The second-order valence-electron chi connectivity index (χ2n) is 6.15. The Balaban J connectivity index is 2.21. The highest BCUT2D eigenvalue weighted by molar-refractivity contribution is 7.85. The number of aliphatic hydroxyl groups excluding tert-OH is 1. The van der Waals surface area contributed by atoms with Gasteiger partial charge in [0.2, 0.25) is 0 Å². The molecule has 0 aromatic rings. The molecule has 0 aromatic heterocycles. The molecule has 1 aliphatic carbocycles. The minimum atomic E-state index is -0.861. The van der Waals surface area contributed by atoms with Gasteiger partial charge in [-0.2, -0.15) is 0 Å². The van der Waals surface area contributed by atoms with Gasteiger partial charge in [0, 0.05) is 22.6 Å². The first-order valence-electron chi connectivity index (χ1n) is 7.25. The SMILES string of the molecule is CC(C)CNCC(O)CS(=O)C1CCCC(C)C1. The fourth-order valence-electron chi connectivity index (χ4n) is 2.54. The molecule has 1 aliphatic rings. The second-order valence-corrected chi connectivity index (χ2v) is 7.91. The van der Waals surface area contributed by atoms with Crippen molar-refractivity contribution in [2.24, 2.45) is 11.8 Å². The van der Waals surface area contributed by atoms with Crippen molar-refractivity contribution < 1.29 is 9.32 Å². The summed E-state index contributed by atoms with van der Waals surface area (Å²) in [5, 5.41) is 13.4. The summed E-state index contributed by atoms with van der Waals surface area (Å²) in [5.41, 5.74) is 0. The van der Waals surface area contributed by atoms with Crippen molar-refractivity contribution in [1.29, 1.82) is 0 Å². The van der Waals surface area contributed by atoms with Gasteiger partial charge in [-0.3, -0.25) is 4.21 Å². The van der Waals surface area contributed by atoms with E-state index in [4.69, 9.17) is 0 Å². The maximum absolute atomic E-state index is 12.2. The van der Waals surface area contributed by atoms with Gasteiger partial charge in [-0.15, -0.1) is 0 Å². The minimum absolute atomic E-state index is 0.313. The summed E-state index contributed by atoms with van der Waals surface area (Å²) in [6.07, 6.45) is 4.13. The molecule has 4 atom stereocenters. The Morgan fingerprint density at radius 1 is 1.33 bits per heavy atom. The van der Waals surface area contributed by atoms with Crippen LogP contribution >= 0.6 is 0 Å². The summed E-state index contributed by atoms with van der Waals surface area (Å²) in [5.74, 6) is 1.72. The van der Waals surface area contributed by atoms with Crippen molar-refractivity contribution in [3.05, 3.63) is 0 Å². The van der Waals surface area contributed by atoms with Crippen LogP contribution in [-0.2, 0) is 10.8 Å². The van der Waals surface area contributed by atoms with Gasteiger partial charge in [-0.1, -0.05) is 33.6 Å². The maximum atomic E-state index is 12.2. The number of hydrogen-bond acceptors (Lipinski definition) is 3. The quantitative estimate of drug-likeness (QED) is 0.746. The smallest absolute Gasteiger partial charge is 0.0779 e. The van der Waals surface area contributed by atoms with Crippen molar-refractivity contribution in [2.75, 3.05) is 18.8 Å². The van der Waals surface area contributed by atoms with Gasteiger partial charge < -0.3 is 10.4 Å². The van der Waals surface area contributed by atoms with Gasteiger partial charge in [-0.25, -0.2) is 0 Å². The Bertz CT molecular complexity index is 258. The molecule has 3 nitrogen and oxygen atoms in total. The molecular weight excluding hydrogens is 246 g/mol. The average Bonchev–Trinajstić information content (AvgIpc) is 2.28. The zero-order valence-electron chi connectivity index (χ0n) is 12.0. The monoisotopic (exact) mass is 275 g/mol. The Labute approximate surface area is 114 Å². The lowest BCUT2D eigenvalue weighted by Crippen LogP contribution is -2.35. The molecule has 0 aliphatic heterocycles. The topological polar surface area (TPSA) is 49.3 Å². The van der Waals surface area contributed by atoms with Gasteiger partial charge >= 0.3 is 0 Å². The van der Waals surface area contributed by atoms with E-state index < -0.39 is 16.9 Å². The molecule has 0 saturated heterocycles. The molecular formula is C14H29NO2S. The predicted molar refractivity (Wildman–Crippen MR) is 78.1 cm³/mol. The van der Waals surface area contributed by atoms with Gasteiger partial charge in [-0.05, 0) is 31.2 Å². The van der Waals surface area contributed by atoms with E-state index in [1.807, 2.05) is 0 Å². The molecule has 1 rings (SSSR count). The molecule has 0 bridgehead atoms. The van der Waals surface area contributed by atoms with Crippen LogP contribution in [-0.4, -0.2) is 39.5 Å². The van der Waals surface area contributed by atoms with Crippen molar-refractivity contribution >= 4 is 10.8 Å². The summed E-state index contributed by atoms with van der Waals surface area (Å²) in [4.78, 5) is 0. The Morgan fingerprint density at radius 2 is 2.06 bits per heavy atom. The fraction of sp³-hybridized carbons (Fsp3) is 1.00. The molecule has 108 valence electrons. The third kappa shape index (κ3) is 6.30. The summed E-state index contributed by atoms with van der Waals surface area (Å²) in [6.45, 7) is 7.99. The van der Waals surface area contributed by atoms with Crippen LogP contribution in [0.5, 0.6) is 0 Å². The Hall–Kier alpha value is 0.0700. The van der Waals surface area contributed by atoms with Crippen molar-refractivity contribution in [2.45, 2.75) is 57.8 Å². The predicted octanol–water partition coefficient (Wildman–Crippen LogP) is 1.92. The van der Waals surface area contributed by atoms with E-state index >= 15 is 0 Å². The molecule has 1 fully saturated rings. The summed E-state index contributed by atoms with van der Waals surface area (Å²) in [6, 6.07) is 0. The van der Waals surface area contributed by atoms with E-state index in [1.54, 1.807) is 0 Å². The lowest BCUT2D eigenvalue weighted by molar-refractivity contribution is 0.193. The summed E-state index contributed by atoms with van der Waals surface area (Å²) < 4.78 is 12.2. The molecule has 18 heavy (non-hydrogen) atoms. The van der Waals surface area contributed by atoms with Crippen LogP contribution in [0.2, 0.25) is 0 Å². The third-order valence-corrected chi connectivity index (χ3v) is 5.43. The molecule has 2 N–H and O–H groups in total. The molecule has 0 heterocycles. The summed E-state index contributed by atoms with van der Waals surface area (Å²) >= 11 is 0. The minimum Gasteiger partial charge on any atom is -0.391 e. The third-order valence-electron chi connectivity index (χ3n) is 3.55. The number of nitrogens with one attached hydrogen (secondary N) is 1. The van der Waals surface area contributed by atoms with E-state index in [2.05, 4.69) is 26.1 Å². The van der Waals surface area contributed by atoms with Crippen LogP contribution in [0, 0.1) is 11.8 Å². The highest BCUT2D eigenvalue weighted by Gasteiger charge is 2.25. The van der Waals surface area contributed by atoms with Gasteiger partial charge in [0.25, 0.3) is 0 Å². The van der Waals surface area contributed by atoms with Crippen LogP contribution in [0.4, 0.5) is 0 Å². The molecule has 0 radical (unpaired) electrons. The summed E-state index contributed by atoms with van der Waals surface area (Å²) in [7, 11) is -0.861. The zero-order chi connectivity index (χ0) is 13.5. The van der Waals surface area contributed by atoms with Crippen LogP contribution < -0.4 is 5.32 Å². The highest BCUT2D eigenvalue weighted by Crippen LogP contribution is 2.27. The molecule has 1 saturated carbocycles. The number of hydrogen-bond donors (Lipinski definition) is 2. The van der Waals surface area contributed by atoms with Crippen molar-refractivity contribution in [3.63, 3.8) is 0 Å². The average molecular weight is 275 g/mol. The highest BCUT2D eigenvalue weighted by atomic mass is 32.2. The molecule has 0 amide bonds. The molecule has 4 unspecified atom stereocenters. The van der Waals surface area contributed by atoms with E-state index in [1.165, 1.54) is 12.8 Å². The fourth-order valence-corrected chi connectivity index (χ4v) is 4.28. The first kappa shape index (κ1) is 16.1. The molecule has 0 spiro atoms. The normalized spacial score (nSPS) is 28.3. The Morgan fingerprint density at radius 3 is 2.67 bits per heavy atom. The Kier molecular flexibility index (Phi) is 7.42. The van der Waals surface area contributed by atoms with Gasteiger partial charge in [0.15, 0.2) is 0 Å². The zero-order valence-corrected chi connectivity index (χ0v) is 12.8. The number of rotatable bonds is 7. The molecule has 0 aromatic carbocycles. The van der Waals surface area contributed by atoms with E-state index in [-0.39, 0.29) is 0 Å². The van der Waals surface area contributed by atoms with Crippen molar-refractivity contribution in [1.82, 2.24) is 5.32 Å². The van der Waals surface area contributed by atoms with E-state index in [0.29, 0.717) is 29.4 Å². The van der Waals surface area contributed by atoms with Crippen LogP contribution in [0.1, 0.15) is 46.5 Å². The maximum Gasteiger partial charge on any atom is 0.0779 e. The molecule has 4 heteroatoms. The first-order chi connectivity index (χ1) is 8.49. The van der Waals surface area contributed by atoms with Crippen LogP contribution in [0.3, 0.4) is 0 Å². The number of aliphatic hydroxyl groups is 1. The first-order valence-corrected chi connectivity index (χ1v) is 8.63. The van der Waals surface area contributed by atoms with Gasteiger partial charge in [0.05, 0.1) is 11.9 Å². The van der Waals surface area contributed by atoms with Crippen LogP contribution in [0.25, 0.3) is 0 Å². The second kappa shape index (κ2) is 8.28. The standard InChI is InChI=1S/C14H29NO2S/c1-11(2)8-15-9-13(16)10-18(17)14-6-4-5-12(3)7-14/h11-16H,4-10H2,1-3H3.